The molecule has 2 rings (SSSR count). The second-order valence-electron chi connectivity index (χ2n) is 7.58. The zero-order valence-corrected chi connectivity index (χ0v) is 16.5. The van der Waals surface area contributed by atoms with Gasteiger partial charge in [-0.05, 0) is 29.0 Å². The number of hydrogen-bond donors (Lipinski definition) is 1. The summed E-state index contributed by atoms with van der Waals surface area (Å²) in [7, 11) is 0. The molecule has 0 aromatic heterocycles. The lowest BCUT2D eigenvalue weighted by molar-refractivity contribution is -0.384. The minimum Gasteiger partial charge on any atom is -0.456 e. The Balaban J connectivity index is 1.81. The van der Waals surface area contributed by atoms with Gasteiger partial charge >= 0.3 is 5.97 Å². The van der Waals surface area contributed by atoms with Crippen molar-refractivity contribution in [3.05, 3.63) is 69.5 Å². The predicted molar refractivity (Wildman–Crippen MR) is 106 cm³/mol. The highest BCUT2D eigenvalue weighted by Gasteiger charge is 2.15. The Kier molecular flexibility index (Phi) is 7.03. The van der Waals surface area contributed by atoms with Gasteiger partial charge in [0.2, 0.25) is 0 Å². The molecule has 0 unspecified atom stereocenters. The third-order valence-electron chi connectivity index (χ3n) is 4.24. The standard InChI is InChI=1S/C21H23FN2O5/c1-21(2,3)15-7-4-14(5-8-15)6-11-20(26)29-13-19(25)23-18-12-16(24(27)28)9-10-17(18)22/h4-5,7-10,12H,6,11,13H2,1-3H3,(H,23,25). The fourth-order valence-corrected chi connectivity index (χ4v) is 2.54. The van der Waals surface area contributed by atoms with E-state index in [9.17, 15) is 24.1 Å². The van der Waals surface area contributed by atoms with E-state index in [0.29, 0.717) is 6.42 Å². The average Bonchev–Trinajstić information content (AvgIpc) is 2.66. The summed E-state index contributed by atoms with van der Waals surface area (Å²) < 4.78 is 18.5. The van der Waals surface area contributed by atoms with E-state index in [-0.39, 0.29) is 23.2 Å². The largest absolute Gasteiger partial charge is 0.456 e. The van der Waals surface area contributed by atoms with Gasteiger partial charge in [-0.3, -0.25) is 19.7 Å². The Bertz CT molecular complexity index is 904. The molecule has 0 atom stereocenters. The van der Waals surface area contributed by atoms with E-state index in [1.165, 1.54) is 5.56 Å². The van der Waals surface area contributed by atoms with Crippen LogP contribution in [0, 0.1) is 15.9 Å². The van der Waals surface area contributed by atoms with Gasteiger partial charge in [0.25, 0.3) is 11.6 Å². The van der Waals surface area contributed by atoms with Gasteiger partial charge in [-0.1, -0.05) is 45.0 Å². The maximum absolute atomic E-state index is 13.7. The Morgan fingerprint density at radius 2 is 1.79 bits per heavy atom. The summed E-state index contributed by atoms with van der Waals surface area (Å²) in [5.41, 5.74) is 1.49. The van der Waals surface area contributed by atoms with Crippen molar-refractivity contribution < 1.29 is 23.6 Å². The first-order valence-electron chi connectivity index (χ1n) is 9.05. The monoisotopic (exact) mass is 402 g/mol. The van der Waals surface area contributed by atoms with Gasteiger partial charge < -0.3 is 10.1 Å². The van der Waals surface area contributed by atoms with E-state index >= 15 is 0 Å². The van der Waals surface area contributed by atoms with Crippen LogP contribution in [-0.2, 0) is 26.2 Å². The van der Waals surface area contributed by atoms with Crippen LogP contribution in [0.5, 0.6) is 0 Å². The summed E-state index contributed by atoms with van der Waals surface area (Å²) in [4.78, 5) is 33.7. The fraction of sp³-hybridized carbons (Fsp3) is 0.333. The number of nitrogens with zero attached hydrogens (tertiary/aromatic N) is 1. The first kappa shape index (κ1) is 22.0. The SMILES string of the molecule is CC(C)(C)c1ccc(CCC(=O)OCC(=O)Nc2cc([N+](=O)[O-])ccc2F)cc1. The van der Waals surface area contributed by atoms with Crippen LogP contribution in [0.3, 0.4) is 0 Å². The lowest BCUT2D eigenvalue weighted by Gasteiger charge is -2.19. The molecular weight excluding hydrogens is 379 g/mol. The van der Waals surface area contributed by atoms with Crippen molar-refractivity contribution in [1.82, 2.24) is 0 Å². The summed E-state index contributed by atoms with van der Waals surface area (Å²) in [6.07, 6.45) is 0.553. The molecule has 0 fully saturated rings. The van der Waals surface area contributed by atoms with E-state index in [2.05, 4.69) is 26.1 Å². The lowest BCUT2D eigenvalue weighted by Crippen LogP contribution is -2.21. The second-order valence-corrected chi connectivity index (χ2v) is 7.58. The van der Waals surface area contributed by atoms with Gasteiger partial charge in [0, 0.05) is 18.6 Å². The van der Waals surface area contributed by atoms with Crippen LogP contribution in [0.25, 0.3) is 0 Å². The number of nitro groups is 1. The predicted octanol–water partition coefficient (Wildman–Crippen LogP) is 4.15. The highest BCUT2D eigenvalue weighted by atomic mass is 19.1. The number of benzene rings is 2. The van der Waals surface area contributed by atoms with Gasteiger partial charge in [-0.15, -0.1) is 0 Å². The Hall–Kier alpha value is -3.29. The number of non-ortho nitro benzene ring substituents is 1. The first-order chi connectivity index (χ1) is 13.6. The van der Waals surface area contributed by atoms with Crippen molar-refractivity contribution in [2.45, 2.75) is 39.0 Å². The van der Waals surface area contributed by atoms with Crippen LogP contribution >= 0.6 is 0 Å². The number of hydrogen-bond acceptors (Lipinski definition) is 5. The first-order valence-corrected chi connectivity index (χ1v) is 9.05. The second kappa shape index (κ2) is 9.27. The van der Waals surface area contributed by atoms with Crippen LogP contribution in [0.1, 0.15) is 38.3 Å². The molecule has 0 saturated heterocycles. The molecule has 0 bridgehead atoms. The Labute approximate surface area is 168 Å². The average molecular weight is 402 g/mol. The van der Waals surface area contributed by atoms with Crippen LogP contribution in [0.2, 0.25) is 0 Å². The molecule has 154 valence electrons. The molecule has 1 amide bonds. The van der Waals surface area contributed by atoms with Crippen molar-refractivity contribution in [1.29, 1.82) is 0 Å². The van der Waals surface area contributed by atoms with Crippen LogP contribution in [0.15, 0.2) is 42.5 Å². The quantitative estimate of drug-likeness (QED) is 0.426. The molecule has 0 aliphatic carbocycles. The zero-order valence-electron chi connectivity index (χ0n) is 16.5. The highest BCUT2D eigenvalue weighted by molar-refractivity contribution is 5.93. The van der Waals surface area contributed by atoms with Crippen molar-refractivity contribution in [3.63, 3.8) is 0 Å². The fourth-order valence-electron chi connectivity index (χ4n) is 2.54. The van der Waals surface area contributed by atoms with Gasteiger partial charge in [-0.2, -0.15) is 0 Å². The highest BCUT2D eigenvalue weighted by Crippen LogP contribution is 2.23. The zero-order chi connectivity index (χ0) is 21.6. The maximum Gasteiger partial charge on any atom is 0.306 e. The van der Waals surface area contributed by atoms with E-state index in [1.807, 2.05) is 24.3 Å². The van der Waals surface area contributed by atoms with Crippen molar-refractivity contribution >= 4 is 23.3 Å². The summed E-state index contributed by atoms with van der Waals surface area (Å²) in [5, 5.41) is 12.9. The smallest absolute Gasteiger partial charge is 0.306 e. The Morgan fingerprint density at radius 3 is 2.38 bits per heavy atom. The van der Waals surface area contributed by atoms with Crippen molar-refractivity contribution in [3.8, 4) is 0 Å². The molecule has 0 aliphatic heterocycles. The molecule has 0 heterocycles. The topological polar surface area (TPSA) is 98.5 Å². The molecule has 0 saturated carbocycles. The number of esters is 1. The van der Waals surface area contributed by atoms with Crippen molar-refractivity contribution in [2.75, 3.05) is 11.9 Å². The number of halogens is 1. The number of ether oxygens (including phenoxy) is 1. The molecule has 8 heteroatoms. The minimum absolute atomic E-state index is 0.0451. The molecule has 0 aliphatic rings. The molecule has 7 nitrogen and oxygen atoms in total. The molecular formula is C21H23FN2O5. The lowest BCUT2D eigenvalue weighted by atomic mass is 9.86. The molecule has 29 heavy (non-hydrogen) atoms. The van der Waals surface area contributed by atoms with Gasteiger partial charge in [0.05, 0.1) is 10.6 Å². The van der Waals surface area contributed by atoms with E-state index < -0.39 is 29.2 Å². The summed E-state index contributed by atoms with van der Waals surface area (Å²) in [5.74, 6) is -2.18. The third kappa shape index (κ3) is 6.67. The molecule has 1 N–H and O–H groups in total. The van der Waals surface area contributed by atoms with E-state index in [1.54, 1.807) is 0 Å². The normalized spacial score (nSPS) is 11.0. The number of amides is 1. The maximum atomic E-state index is 13.7. The molecule has 2 aromatic carbocycles. The number of aryl methyl sites for hydroxylation is 1. The molecule has 0 radical (unpaired) electrons. The van der Waals surface area contributed by atoms with E-state index in [0.717, 1.165) is 23.8 Å². The number of carbonyl (C=O) groups is 2. The molecule has 0 spiro atoms. The van der Waals surface area contributed by atoms with Crippen LogP contribution < -0.4 is 5.32 Å². The summed E-state index contributed by atoms with van der Waals surface area (Å²) >= 11 is 0. The number of nitro benzene ring substituents is 1. The number of nitrogens with one attached hydrogen (secondary N) is 1. The van der Waals surface area contributed by atoms with Crippen LogP contribution in [-0.4, -0.2) is 23.4 Å². The Morgan fingerprint density at radius 1 is 1.14 bits per heavy atom. The third-order valence-corrected chi connectivity index (χ3v) is 4.24. The molecule has 2 aromatic rings. The minimum atomic E-state index is -0.825. The number of carbonyl (C=O) groups excluding carboxylic acids is 2. The van der Waals surface area contributed by atoms with Crippen molar-refractivity contribution in [2.24, 2.45) is 0 Å². The summed E-state index contributed by atoms with van der Waals surface area (Å²) in [6.45, 7) is 5.74. The van der Waals surface area contributed by atoms with Gasteiger partial charge in [0.15, 0.2) is 6.61 Å². The van der Waals surface area contributed by atoms with Gasteiger partial charge in [0.1, 0.15) is 5.82 Å². The summed E-state index contributed by atoms with van der Waals surface area (Å²) in [6, 6.07) is 10.7. The number of rotatable bonds is 7. The van der Waals surface area contributed by atoms with E-state index in [4.69, 9.17) is 4.74 Å². The van der Waals surface area contributed by atoms with Crippen LogP contribution in [0.4, 0.5) is 15.8 Å². The van der Waals surface area contributed by atoms with Gasteiger partial charge in [-0.25, -0.2) is 4.39 Å². The number of anilines is 1.